The number of nitrogen functional groups attached to an aromatic ring is 1. The molecule has 1 fully saturated rings. The Morgan fingerprint density at radius 3 is 2.56 bits per heavy atom. The van der Waals surface area contributed by atoms with Crippen LogP contribution in [0.2, 0.25) is 0 Å². The minimum atomic E-state index is -1.02. The molecule has 0 spiro atoms. The topological polar surface area (TPSA) is 196 Å². The van der Waals surface area contributed by atoms with Crippen LogP contribution in [0.4, 0.5) is 5.13 Å². The summed E-state index contributed by atoms with van der Waals surface area (Å²) in [7, 11) is 1.26. The van der Waals surface area contributed by atoms with Gasteiger partial charge in [0.25, 0.3) is 11.8 Å². The molecule has 2 aliphatic rings. The number of nitrogens with two attached hydrogens (primary N) is 1. The van der Waals surface area contributed by atoms with Crippen LogP contribution < -0.4 is 11.1 Å². The van der Waals surface area contributed by atoms with Crippen molar-refractivity contribution < 1.29 is 38.2 Å². The fourth-order valence-corrected chi connectivity index (χ4v) is 5.69. The van der Waals surface area contributed by atoms with Gasteiger partial charge in [-0.15, -0.1) is 23.1 Å². The Hall–Kier alpha value is -4.62. The third-order valence-electron chi connectivity index (χ3n) is 6.06. The zero-order chi connectivity index (χ0) is 31.3. The van der Waals surface area contributed by atoms with E-state index in [0.717, 1.165) is 16.9 Å². The van der Waals surface area contributed by atoms with E-state index in [-0.39, 0.29) is 40.4 Å². The van der Waals surface area contributed by atoms with Crippen molar-refractivity contribution in [3.63, 3.8) is 0 Å². The number of nitrogens with one attached hydrogen (secondary N) is 1. The summed E-state index contributed by atoms with van der Waals surface area (Å²) in [5.74, 6) is -2.53. The number of oxime groups is 1. The van der Waals surface area contributed by atoms with Crippen molar-refractivity contribution in [3.8, 4) is 6.07 Å². The van der Waals surface area contributed by atoms with E-state index in [9.17, 15) is 19.2 Å². The molecule has 43 heavy (non-hydrogen) atoms. The first-order chi connectivity index (χ1) is 20.4. The van der Waals surface area contributed by atoms with E-state index < -0.39 is 47.4 Å². The summed E-state index contributed by atoms with van der Waals surface area (Å²) < 4.78 is 16.2. The van der Waals surface area contributed by atoms with Gasteiger partial charge in [-0.2, -0.15) is 5.26 Å². The molecule has 16 heteroatoms. The molecular formula is C27H28N6O8S2. The second kappa shape index (κ2) is 13.1. The van der Waals surface area contributed by atoms with E-state index in [1.54, 1.807) is 45.0 Å². The molecule has 226 valence electrons. The van der Waals surface area contributed by atoms with Crippen LogP contribution >= 0.6 is 23.1 Å². The summed E-state index contributed by atoms with van der Waals surface area (Å²) in [5.41, 5.74) is 5.89. The number of carbonyl (C=O) groups excluding carboxylic acids is 4. The van der Waals surface area contributed by atoms with Gasteiger partial charge in [0.1, 0.15) is 36.6 Å². The van der Waals surface area contributed by atoms with E-state index in [1.807, 2.05) is 6.07 Å². The number of amides is 2. The number of thioether (sulfide) groups is 1. The number of hydrogen-bond acceptors (Lipinski definition) is 14. The summed E-state index contributed by atoms with van der Waals surface area (Å²) in [4.78, 5) is 61.8. The number of benzene rings is 1. The number of carbonyl (C=O) groups is 4. The Morgan fingerprint density at radius 2 is 1.95 bits per heavy atom. The fraction of sp³-hybridized carbons (Fsp3) is 0.370. The van der Waals surface area contributed by atoms with Gasteiger partial charge in [0.05, 0.1) is 22.8 Å². The summed E-state index contributed by atoms with van der Waals surface area (Å²) in [5, 5.41) is 16.5. The molecule has 3 N–H and O–H groups in total. The monoisotopic (exact) mass is 628 g/mol. The second-order valence-corrected chi connectivity index (χ2v) is 12.1. The van der Waals surface area contributed by atoms with Crippen LogP contribution in [0.5, 0.6) is 0 Å². The zero-order valence-electron chi connectivity index (χ0n) is 23.6. The van der Waals surface area contributed by atoms with E-state index in [2.05, 4.69) is 15.5 Å². The third kappa shape index (κ3) is 7.07. The van der Waals surface area contributed by atoms with Gasteiger partial charge in [0.15, 0.2) is 16.5 Å². The molecule has 14 nitrogen and oxygen atoms in total. The van der Waals surface area contributed by atoms with Gasteiger partial charge in [0.2, 0.25) is 6.79 Å². The quantitative estimate of drug-likeness (QED) is 0.128. The standard InChI is InChI=1S/C27H28N6O8S2/c1-27(2,3)25(37)41-13-40-24(36)20-17(39-10-15-7-5-14(9-28)6-8-15)12-42-23-19(22(35)33(20)23)31-21(34)18(32-38-4)16-11-43-26(29)30-16/h5-8,11,19,23H,10,12-13H2,1-4H3,(H2,29,30)(H,31,34)/b32-18-/t19-,23-/m1/s1. The number of fused-ring (bicyclic) bond motifs is 1. The molecule has 3 heterocycles. The molecule has 2 atom stereocenters. The van der Waals surface area contributed by atoms with Gasteiger partial charge in [0, 0.05) is 5.38 Å². The lowest BCUT2D eigenvalue weighted by atomic mass is 9.98. The van der Waals surface area contributed by atoms with E-state index >= 15 is 0 Å². The first kappa shape index (κ1) is 31.3. The van der Waals surface area contributed by atoms with E-state index in [1.165, 1.54) is 29.2 Å². The van der Waals surface area contributed by atoms with Crippen molar-refractivity contribution in [2.24, 2.45) is 10.6 Å². The van der Waals surface area contributed by atoms with Crippen LogP contribution in [-0.2, 0) is 44.8 Å². The predicted molar refractivity (Wildman–Crippen MR) is 155 cm³/mol. The highest BCUT2D eigenvalue weighted by molar-refractivity contribution is 8.00. The number of β-lactam (4-membered cyclic amide) rings is 1. The lowest BCUT2D eigenvalue weighted by Crippen LogP contribution is -2.71. The molecule has 0 aliphatic carbocycles. The molecule has 1 aromatic heterocycles. The molecule has 1 saturated heterocycles. The first-order valence-corrected chi connectivity index (χ1v) is 14.6. The predicted octanol–water partition coefficient (Wildman–Crippen LogP) is 1.87. The summed E-state index contributed by atoms with van der Waals surface area (Å²) in [6.45, 7) is 4.32. The smallest absolute Gasteiger partial charge is 0.361 e. The van der Waals surface area contributed by atoms with Crippen LogP contribution in [0.25, 0.3) is 0 Å². The van der Waals surface area contributed by atoms with Gasteiger partial charge < -0.3 is 30.1 Å². The van der Waals surface area contributed by atoms with Gasteiger partial charge >= 0.3 is 11.9 Å². The van der Waals surface area contributed by atoms with Crippen molar-refractivity contribution in [2.75, 3.05) is 25.4 Å². The molecule has 0 unspecified atom stereocenters. The molecule has 0 bridgehead atoms. The highest BCUT2D eigenvalue weighted by Gasteiger charge is 2.55. The molecule has 4 rings (SSSR count). The number of hydrogen-bond donors (Lipinski definition) is 2. The Bertz CT molecular complexity index is 1520. The largest absolute Gasteiger partial charge is 0.490 e. The number of nitriles is 1. The van der Waals surface area contributed by atoms with Gasteiger partial charge in [-0.05, 0) is 38.5 Å². The number of anilines is 1. The maximum Gasteiger partial charge on any atom is 0.361 e. The molecule has 2 aromatic rings. The molecule has 1 aromatic carbocycles. The number of nitrogens with zero attached hydrogens (tertiary/aromatic N) is 4. The third-order valence-corrected chi connectivity index (χ3v) is 7.99. The van der Waals surface area contributed by atoms with Crippen LogP contribution in [0.1, 0.15) is 37.6 Å². The average molecular weight is 629 g/mol. The highest BCUT2D eigenvalue weighted by Crippen LogP contribution is 2.41. The number of thiazole rings is 1. The second-order valence-electron chi connectivity index (χ2n) is 10.2. The Morgan fingerprint density at radius 1 is 1.23 bits per heavy atom. The normalized spacial score (nSPS) is 18.2. The van der Waals surface area contributed by atoms with Gasteiger partial charge in [-0.25, -0.2) is 9.78 Å². The van der Waals surface area contributed by atoms with Crippen molar-refractivity contribution in [3.05, 3.63) is 57.9 Å². The molecule has 0 radical (unpaired) electrons. The fourth-order valence-electron chi connectivity index (χ4n) is 3.86. The maximum atomic E-state index is 13.4. The summed E-state index contributed by atoms with van der Waals surface area (Å²) in [6, 6.07) is 7.69. The SMILES string of the molecule is CO/N=C(\C(=O)N[C@@H]1C(=O)N2C(C(=O)OCOC(=O)C(C)(C)C)=C(OCc3ccc(C#N)cc3)CS[C@H]12)c1csc(N)n1. The summed E-state index contributed by atoms with van der Waals surface area (Å²) >= 11 is 2.37. The number of aromatic nitrogens is 1. The number of ether oxygens (including phenoxy) is 3. The summed E-state index contributed by atoms with van der Waals surface area (Å²) in [6.07, 6.45) is 0. The zero-order valence-corrected chi connectivity index (χ0v) is 25.2. The van der Waals surface area contributed by atoms with Gasteiger partial charge in [-0.1, -0.05) is 17.3 Å². The van der Waals surface area contributed by atoms with Crippen LogP contribution in [0, 0.1) is 16.7 Å². The minimum absolute atomic E-state index is 0.0396. The van der Waals surface area contributed by atoms with E-state index in [0.29, 0.717) is 5.56 Å². The Labute approximate surface area is 254 Å². The molecule has 2 aliphatic heterocycles. The Kier molecular flexibility index (Phi) is 9.56. The minimum Gasteiger partial charge on any atom is -0.490 e. The van der Waals surface area contributed by atoms with Crippen LogP contribution in [-0.4, -0.2) is 70.4 Å². The van der Waals surface area contributed by atoms with Crippen LogP contribution in [0.3, 0.4) is 0 Å². The van der Waals surface area contributed by atoms with Crippen molar-refractivity contribution in [1.29, 1.82) is 5.26 Å². The van der Waals surface area contributed by atoms with E-state index in [4.69, 9.17) is 30.0 Å². The van der Waals surface area contributed by atoms with Crippen LogP contribution in [0.15, 0.2) is 46.3 Å². The molecule has 2 amide bonds. The Balaban J connectivity index is 1.53. The number of esters is 2. The lowest BCUT2D eigenvalue weighted by Gasteiger charge is -2.49. The van der Waals surface area contributed by atoms with Crippen molar-refractivity contribution in [2.45, 2.75) is 38.8 Å². The van der Waals surface area contributed by atoms with Gasteiger partial charge in [-0.3, -0.25) is 19.3 Å². The maximum absolute atomic E-state index is 13.4. The lowest BCUT2D eigenvalue weighted by molar-refractivity contribution is -0.173. The van der Waals surface area contributed by atoms with Crippen molar-refractivity contribution >= 4 is 57.7 Å². The average Bonchev–Trinajstić information content (AvgIpc) is 3.41. The first-order valence-electron chi connectivity index (χ1n) is 12.7. The molecular weight excluding hydrogens is 600 g/mol. The highest BCUT2D eigenvalue weighted by atomic mass is 32.2. The van der Waals surface area contributed by atoms with Crippen molar-refractivity contribution in [1.82, 2.24) is 15.2 Å². The molecule has 0 saturated carbocycles. The number of rotatable bonds is 10.